The number of morpholine rings is 1. The molecule has 1 N–H and O–H groups in total. The monoisotopic (exact) mass is 572 g/mol. The van der Waals surface area contributed by atoms with E-state index in [2.05, 4.69) is 4.74 Å². The lowest BCUT2D eigenvalue weighted by molar-refractivity contribution is -0.711. The van der Waals surface area contributed by atoms with Crippen LogP contribution in [0, 0.1) is 11.6 Å². The van der Waals surface area contributed by atoms with E-state index in [0.29, 0.717) is 5.56 Å². The van der Waals surface area contributed by atoms with Crippen molar-refractivity contribution < 1.29 is 47.1 Å². The summed E-state index contributed by atoms with van der Waals surface area (Å²) in [5.41, 5.74) is 1.47. The molecule has 40 heavy (non-hydrogen) atoms. The summed E-state index contributed by atoms with van der Waals surface area (Å²) < 4.78 is 51.5. The number of aromatic nitrogens is 1. The average Bonchev–Trinajstić information content (AvgIpc) is 3.13. The third kappa shape index (κ3) is 4.25. The van der Waals surface area contributed by atoms with E-state index < -0.39 is 48.4 Å². The van der Waals surface area contributed by atoms with E-state index in [1.165, 1.54) is 28.7 Å². The Morgan fingerprint density at radius 3 is 2.85 bits per heavy atom. The van der Waals surface area contributed by atoms with Crippen LogP contribution in [0.25, 0.3) is 0 Å². The third-order valence-corrected chi connectivity index (χ3v) is 8.23. The molecule has 13 heteroatoms. The predicted octanol–water partition coefficient (Wildman–Crippen LogP) is 3.22. The second kappa shape index (κ2) is 10.5. The Bertz CT molecular complexity index is 1510. The Kier molecular flexibility index (Phi) is 6.84. The molecule has 2 atom stereocenters. The Hall–Kier alpha value is -4.10. The van der Waals surface area contributed by atoms with Crippen LogP contribution in [0.1, 0.15) is 33.2 Å². The highest BCUT2D eigenvalue weighted by molar-refractivity contribution is 7.98. The molecule has 1 aromatic heterocycles. The molecule has 0 unspecified atom stereocenters. The number of carbonyl (C=O) groups excluding carboxylic acids is 2. The summed E-state index contributed by atoms with van der Waals surface area (Å²) in [6, 6.07) is 11.0. The van der Waals surface area contributed by atoms with Crippen LogP contribution in [0.3, 0.4) is 0 Å². The van der Waals surface area contributed by atoms with E-state index in [1.54, 1.807) is 11.0 Å². The van der Waals surface area contributed by atoms with E-state index in [-0.39, 0.29) is 42.5 Å². The van der Waals surface area contributed by atoms with Crippen molar-refractivity contribution in [3.8, 4) is 11.5 Å². The topological polar surface area (TPSA) is 102 Å². The van der Waals surface area contributed by atoms with Crippen LogP contribution in [0.15, 0.2) is 53.6 Å². The molecule has 10 nitrogen and oxygen atoms in total. The van der Waals surface area contributed by atoms with Gasteiger partial charge in [0.25, 0.3) is 0 Å². The molecule has 0 radical (unpaired) electrons. The van der Waals surface area contributed by atoms with Crippen LogP contribution >= 0.6 is 11.8 Å². The number of carbonyl (C=O) groups is 2. The molecule has 3 aliphatic rings. The van der Waals surface area contributed by atoms with Gasteiger partial charge in [-0.3, -0.25) is 4.79 Å². The van der Waals surface area contributed by atoms with Crippen LogP contribution in [0.2, 0.25) is 0 Å². The van der Waals surface area contributed by atoms with Crippen molar-refractivity contribution >= 4 is 23.8 Å². The van der Waals surface area contributed by atoms with Crippen molar-refractivity contribution in [3.05, 3.63) is 82.7 Å². The molecule has 0 bridgehead atoms. The standard InChI is InChI=1S/C27H23F2N3O7S/c1-36-27(35)39-14-38-19-8-9-31-24(25(19)33)26(34)30-10-11-37-12-21(30)32(31)23-15-6-7-18(28)22(29)17(15)13-40-20-5-3-2-4-16(20)23/h2-9,21,23H,10-14H2,1H3/p+1/t21-,23+/m1/s1. The molecule has 0 spiro atoms. The Morgan fingerprint density at radius 1 is 1.20 bits per heavy atom. The quantitative estimate of drug-likeness (QED) is 0.287. The number of pyridine rings is 1. The van der Waals surface area contributed by atoms with Gasteiger partial charge in [0.1, 0.15) is 6.04 Å². The predicted molar refractivity (Wildman–Crippen MR) is 135 cm³/mol. The van der Waals surface area contributed by atoms with Gasteiger partial charge in [-0.05, 0) is 23.3 Å². The number of rotatable bonds is 4. The van der Waals surface area contributed by atoms with Crippen molar-refractivity contribution in [2.45, 2.75) is 22.9 Å². The van der Waals surface area contributed by atoms with Crippen molar-refractivity contribution in [1.29, 1.82) is 0 Å². The number of hydrogen-bond acceptors (Lipinski definition) is 9. The lowest BCUT2D eigenvalue weighted by Gasteiger charge is -2.45. The summed E-state index contributed by atoms with van der Waals surface area (Å²) in [6.45, 7) is 0.111. The summed E-state index contributed by atoms with van der Waals surface area (Å²) in [5, 5.41) is 13.1. The minimum atomic E-state index is -0.975. The summed E-state index contributed by atoms with van der Waals surface area (Å²) in [7, 11) is 1.14. The first-order valence-electron chi connectivity index (χ1n) is 12.4. The normalized spacial score (nSPS) is 19.5. The highest BCUT2D eigenvalue weighted by Crippen LogP contribution is 2.44. The van der Waals surface area contributed by atoms with Gasteiger partial charge in [-0.15, -0.1) is 16.8 Å². The number of fused-ring (bicyclic) bond motifs is 4. The number of nitrogens with zero attached hydrogens (tertiary/aromatic N) is 3. The molecule has 1 fully saturated rings. The van der Waals surface area contributed by atoms with Crippen LogP contribution in [-0.2, 0) is 20.0 Å². The van der Waals surface area contributed by atoms with Crippen LogP contribution in [-0.4, -0.2) is 61.9 Å². The van der Waals surface area contributed by atoms with Crippen molar-refractivity contribution in [2.24, 2.45) is 0 Å². The van der Waals surface area contributed by atoms with Gasteiger partial charge in [0.15, 0.2) is 23.5 Å². The molecule has 6 rings (SSSR count). The smallest absolute Gasteiger partial charge is 0.499 e. The van der Waals surface area contributed by atoms with Crippen molar-refractivity contribution in [1.82, 2.24) is 4.90 Å². The third-order valence-electron chi connectivity index (χ3n) is 7.11. The minimum absolute atomic E-state index is 0.0968. The number of benzene rings is 2. The Labute approximate surface area is 231 Å². The van der Waals surface area contributed by atoms with Gasteiger partial charge in [0, 0.05) is 22.8 Å². The van der Waals surface area contributed by atoms with Crippen LogP contribution in [0.5, 0.6) is 11.5 Å². The van der Waals surface area contributed by atoms with Gasteiger partial charge >= 0.3 is 17.8 Å². The highest BCUT2D eigenvalue weighted by Gasteiger charge is 2.52. The molecule has 2 aromatic carbocycles. The van der Waals surface area contributed by atoms with Gasteiger partial charge in [-0.2, -0.15) is 0 Å². The number of thioether (sulfide) groups is 1. The van der Waals surface area contributed by atoms with E-state index >= 15 is 4.39 Å². The summed E-state index contributed by atoms with van der Waals surface area (Å²) in [4.78, 5) is 27.5. The highest BCUT2D eigenvalue weighted by atomic mass is 32.2. The fourth-order valence-corrected chi connectivity index (χ4v) is 6.41. The molecule has 1 saturated heterocycles. The van der Waals surface area contributed by atoms with E-state index in [4.69, 9.17) is 14.2 Å². The zero-order chi connectivity index (χ0) is 28.0. The summed E-state index contributed by atoms with van der Waals surface area (Å²) in [6.07, 6.45) is -0.0702. The van der Waals surface area contributed by atoms with E-state index in [1.807, 2.05) is 29.3 Å². The Balaban J connectivity index is 1.53. The van der Waals surface area contributed by atoms with E-state index in [9.17, 15) is 19.1 Å². The first-order valence-corrected chi connectivity index (χ1v) is 13.4. The molecular weight excluding hydrogens is 548 g/mol. The fraction of sp³-hybridized carbons (Fsp3) is 0.296. The van der Waals surface area contributed by atoms with Gasteiger partial charge in [0.2, 0.25) is 18.7 Å². The SMILES string of the molecule is COC(=O)OCOc1cc[n+]2c(c1O)C(=O)N1CCOC[C@H]1N2[C@@H]1c2ccccc2SCc2c1ccc(F)c2F. The average molecular weight is 573 g/mol. The maximum absolute atomic E-state index is 15.2. The molecule has 208 valence electrons. The zero-order valence-electron chi connectivity index (χ0n) is 21.2. The summed E-state index contributed by atoms with van der Waals surface area (Å²) >= 11 is 1.40. The van der Waals surface area contributed by atoms with Gasteiger partial charge in [-0.25, -0.2) is 13.6 Å². The number of aromatic hydroxyl groups is 1. The van der Waals surface area contributed by atoms with Gasteiger partial charge in [-0.1, -0.05) is 28.9 Å². The van der Waals surface area contributed by atoms with E-state index in [0.717, 1.165) is 23.6 Å². The number of amides is 1. The number of hydrogen-bond donors (Lipinski definition) is 1. The fourth-order valence-electron chi connectivity index (χ4n) is 5.30. The van der Waals surface area contributed by atoms with Gasteiger partial charge < -0.3 is 29.0 Å². The second-order valence-corrected chi connectivity index (χ2v) is 10.2. The first kappa shape index (κ1) is 26.1. The van der Waals surface area contributed by atoms with Gasteiger partial charge in [0.05, 0.1) is 26.4 Å². The number of ether oxygens (including phenoxy) is 4. The molecule has 3 aromatic rings. The second-order valence-electron chi connectivity index (χ2n) is 9.17. The van der Waals surface area contributed by atoms with Crippen LogP contribution in [0.4, 0.5) is 13.6 Å². The van der Waals surface area contributed by atoms with Crippen molar-refractivity contribution in [3.63, 3.8) is 0 Å². The molecule has 1 amide bonds. The largest absolute Gasteiger partial charge is 0.510 e. The minimum Gasteiger partial charge on any atom is -0.499 e. The molecular formula is C27H24F2N3O7S+. The molecule has 0 aliphatic carbocycles. The first-order chi connectivity index (χ1) is 19.4. The molecule has 4 heterocycles. The molecule has 0 saturated carbocycles. The number of methoxy groups -OCH3 is 1. The number of halogens is 2. The Morgan fingerprint density at radius 2 is 2.02 bits per heavy atom. The lowest BCUT2D eigenvalue weighted by Crippen LogP contribution is -2.77. The van der Waals surface area contributed by atoms with Crippen LogP contribution < -0.4 is 14.4 Å². The maximum atomic E-state index is 15.2. The lowest BCUT2D eigenvalue weighted by atomic mass is 9.93. The zero-order valence-corrected chi connectivity index (χ0v) is 22.0. The summed E-state index contributed by atoms with van der Waals surface area (Å²) in [5.74, 6) is -2.70. The maximum Gasteiger partial charge on any atom is 0.510 e. The molecule has 3 aliphatic heterocycles. The van der Waals surface area contributed by atoms with Crippen molar-refractivity contribution in [2.75, 3.05) is 38.7 Å².